The zero-order valence-electron chi connectivity index (χ0n) is 11.0. The highest BCUT2D eigenvalue weighted by molar-refractivity contribution is 7.99. The van der Waals surface area contributed by atoms with Crippen molar-refractivity contribution in [2.24, 2.45) is 5.73 Å². The van der Waals surface area contributed by atoms with Crippen LogP contribution in [0.2, 0.25) is 0 Å². The van der Waals surface area contributed by atoms with Gasteiger partial charge in [-0.05, 0) is 0 Å². The second kappa shape index (κ2) is 5.40. The smallest absolute Gasteiger partial charge is 0.232 e. The van der Waals surface area contributed by atoms with Gasteiger partial charge in [-0.3, -0.25) is 0 Å². The molecule has 1 aromatic heterocycles. The monoisotopic (exact) mass is 285 g/mol. The zero-order chi connectivity index (χ0) is 13.3. The lowest BCUT2D eigenvalue weighted by molar-refractivity contribution is -0.101. The van der Waals surface area contributed by atoms with Gasteiger partial charge in [0, 0.05) is 50.7 Å². The zero-order valence-corrected chi connectivity index (χ0v) is 11.8. The fourth-order valence-corrected chi connectivity index (χ4v) is 3.90. The van der Waals surface area contributed by atoms with Gasteiger partial charge in [-0.25, -0.2) is 0 Å². The van der Waals surface area contributed by atoms with E-state index < -0.39 is 5.60 Å². The summed E-state index contributed by atoms with van der Waals surface area (Å²) in [4.78, 5) is 4.56. The average Bonchev–Trinajstić information content (AvgIpc) is 3.08. The Kier molecular flexibility index (Phi) is 3.79. The molecule has 2 atom stereocenters. The molecule has 2 N–H and O–H groups in total. The standard InChI is InChI=1S/C12H19N3O3S/c1-16-12(2-4-17-5-3-12)11-14-10(18-15-11)8-6-19-7-9(8)13/h8-9H,2-7,13H2,1H3. The number of nitrogens with zero attached hydrogens (tertiary/aromatic N) is 2. The first kappa shape index (κ1) is 13.4. The number of methoxy groups -OCH3 is 1. The molecule has 2 fully saturated rings. The molecule has 0 radical (unpaired) electrons. The van der Waals surface area contributed by atoms with E-state index in [1.807, 2.05) is 11.8 Å². The van der Waals surface area contributed by atoms with Crippen molar-refractivity contribution in [1.82, 2.24) is 10.1 Å². The summed E-state index contributed by atoms with van der Waals surface area (Å²) in [5, 5.41) is 4.13. The topological polar surface area (TPSA) is 83.4 Å². The summed E-state index contributed by atoms with van der Waals surface area (Å²) in [6, 6.07) is 0.103. The fourth-order valence-electron chi connectivity index (χ4n) is 2.62. The first-order valence-electron chi connectivity index (χ1n) is 6.55. The molecule has 2 aliphatic heterocycles. The maximum atomic E-state index is 6.06. The fraction of sp³-hybridized carbons (Fsp3) is 0.833. The van der Waals surface area contributed by atoms with Gasteiger partial charge in [0.15, 0.2) is 0 Å². The van der Waals surface area contributed by atoms with Crippen LogP contribution in [0.5, 0.6) is 0 Å². The van der Waals surface area contributed by atoms with E-state index in [1.54, 1.807) is 7.11 Å². The summed E-state index contributed by atoms with van der Waals surface area (Å²) >= 11 is 1.83. The Morgan fingerprint density at radius 3 is 2.79 bits per heavy atom. The number of rotatable bonds is 3. The molecule has 0 amide bonds. The van der Waals surface area contributed by atoms with Crippen molar-refractivity contribution in [2.45, 2.75) is 30.4 Å². The van der Waals surface area contributed by atoms with Gasteiger partial charge in [-0.2, -0.15) is 16.7 Å². The maximum Gasteiger partial charge on any atom is 0.232 e. The number of ether oxygens (including phenoxy) is 2. The molecule has 6 nitrogen and oxygen atoms in total. The van der Waals surface area contributed by atoms with E-state index in [2.05, 4.69) is 10.1 Å². The quantitative estimate of drug-likeness (QED) is 0.882. The highest BCUT2D eigenvalue weighted by atomic mass is 32.2. The molecule has 2 unspecified atom stereocenters. The summed E-state index contributed by atoms with van der Waals surface area (Å²) in [6.45, 7) is 1.33. The van der Waals surface area contributed by atoms with Crippen LogP contribution in [0.15, 0.2) is 4.52 Å². The Balaban J connectivity index is 1.83. The van der Waals surface area contributed by atoms with Gasteiger partial charge in [-0.1, -0.05) is 5.16 Å². The maximum absolute atomic E-state index is 6.06. The van der Waals surface area contributed by atoms with Crippen LogP contribution >= 0.6 is 11.8 Å². The molecule has 3 heterocycles. The van der Waals surface area contributed by atoms with E-state index >= 15 is 0 Å². The van der Waals surface area contributed by atoms with Crippen LogP contribution in [0.25, 0.3) is 0 Å². The minimum Gasteiger partial charge on any atom is -0.381 e. The SMILES string of the molecule is COC1(c2noc(C3CSCC3N)n2)CCOCC1. The van der Waals surface area contributed by atoms with Crippen molar-refractivity contribution in [2.75, 3.05) is 31.8 Å². The van der Waals surface area contributed by atoms with E-state index in [0.29, 0.717) is 24.9 Å². The molecular formula is C12H19N3O3S. The number of aromatic nitrogens is 2. The van der Waals surface area contributed by atoms with E-state index in [0.717, 1.165) is 24.3 Å². The van der Waals surface area contributed by atoms with Crippen LogP contribution in [0, 0.1) is 0 Å². The first-order chi connectivity index (χ1) is 9.25. The predicted octanol–water partition coefficient (Wildman–Crippen LogP) is 0.879. The molecule has 3 rings (SSSR count). The summed E-state index contributed by atoms with van der Waals surface area (Å²) in [7, 11) is 1.69. The second-order valence-corrected chi connectivity index (χ2v) is 6.15. The summed E-state index contributed by atoms with van der Waals surface area (Å²) < 4.78 is 16.5. The van der Waals surface area contributed by atoms with Gasteiger partial charge in [-0.15, -0.1) is 0 Å². The third-order valence-corrected chi connectivity index (χ3v) is 5.20. The number of thioether (sulfide) groups is 1. The molecule has 0 spiro atoms. The van der Waals surface area contributed by atoms with Gasteiger partial charge in [0.1, 0.15) is 5.60 Å². The minimum absolute atomic E-state index is 0.103. The molecule has 7 heteroatoms. The second-order valence-electron chi connectivity index (χ2n) is 5.07. The molecular weight excluding hydrogens is 266 g/mol. The van der Waals surface area contributed by atoms with Gasteiger partial charge in [0.2, 0.25) is 11.7 Å². The van der Waals surface area contributed by atoms with Crippen LogP contribution < -0.4 is 5.73 Å². The first-order valence-corrected chi connectivity index (χ1v) is 7.71. The molecule has 1 aromatic rings. The summed E-state index contributed by atoms with van der Waals surface area (Å²) in [5.41, 5.74) is 5.60. The summed E-state index contributed by atoms with van der Waals surface area (Å²) in [5.74, 6) is 3.35. The third-order valence-electron chi connectivity index (χ3n) is 3.98. The van der Waals surface area contributed by atoms with Crippen molar-refractivity contribution >= 4 is 11.8 Å². The third kappa shape index (κ3) is 2.40. The molecule has 0 aromatic carbocycles. The van der Waals surface area contributed by atoms with Crippen molar-refractivity contribution in [3.8, 4) is 0 Å². The van der Waals surface area contributed by atoms with Crippen molar-refractivity contribution < 1.29 is 14.0 Å². The lowest BCUT2D eigenvalue weighted by Crippen LogP contribution is -2.36. The van der Waals surface area contributed by atoms with Gasteiger partial charge in [0.25, 0.3) is 0 Å². The molecule has 0 bridgehead atoms. The van der Waals surface area contributed by atoms with Crippen LogP contribution in [0.4, 0.5) is 0 Å². The van der Waals surface area contributed by atoms with Crippen LogP contribution in [0.1, 0.15) is 30.5 Å². The van der Waals surface area contributed by atoms with Gasteiger partial charge < -0.3 is 19.7 Å². The Hall–Kier alpha value is -0.630. The van der Waals surface area contributed by atoms with Crippen LogP contribution in [0.3, 0.4) is 0 Å². The molecule has 0 saturated carbocycles. The van der Waals surface area contributed by atoms with Crippen LogP contribution in [-0.2, 0) is 15.1 Å². The van der Waals surface area contributed by atoms with Crippen molar-refractivity contribution in [3.05, 3.63) is 11.7 Å². The van der Waals surface area contributed by atoms with E-state index in [1.165, 1.54) is 0 Å². The lowest BCUT2D eigenvalue weighted by Gasteiger charge is -2.32. The Morgan fingerprint density at radius 1 is 1.37 bits per heavy atom. The average molecular weight is 285 g/mol. The Morgan fingerprint density at radius 2 is 2.16 bits per heavy atom. The number of hydrogen-bond acceptors (Lipinski definition) is 7. The van der Waals surface area contributed by atoms with Gasteiger partial charge >= 0.3 is 0 Å². The lowest BCUT2D eigenvalue weighted by atomic mass is 9.93. The number of hydrogen-bond donors (Lipinski definition) is 1. The summed E-state index contributed by atoms with van der Waals surface area (Å²) in [6.07, 6.45) is 1.52. The molecule has 0 aliphatic carbocycles. The Labute approximate surface area is 116 Å². The molecule has 19 heavy (non-hydrogen) atoms. The largest absolute Gasteiger partial charge is 0.381 e. The van der Waals surface area contributed by atoms with E-state index in [-0.39, 0.29) is 12.0 Å². The van der Waals surface area contributed by atoms with Gasteiger partial charge in [0.05, 0.1) is 5.92 Å². The highest BCUT2D eigenvalue weighted by Crippen LogP contribution is 2.36. The minimum atomic E-state index is -0.462. The van der Waals surface area contributed by atoms with E-state index in [4.69, 9.17) is 19.7 Å². The van der Waals surface area contributed by atoms with Crippen molar-refractivity contribution in [1.29, 1.82) is 0 Å². The highest BCUT2D eigenvalue weighted by Gasteiger charge is 2.40. The van der Waals surface area contributed by atoms with Crippen molar-refractivity contribution in [3.63, 3.8) is 0 Å². The molecule has 2 saturated heterocycles. The predicted molar refractivity (Wildman–Crippen MR) is 71.1 cm³/mol. The normalized spacial score (nSPS) is 30.6. The number of nitrogens with two attached hydrogens (primary N) is 1. The Bertz CT molecular complexity index is 434. The molecule has 106 valence electrons. The van der Waals surface area contributed by atoms with E-state index in [9.17, 15) is 0 Å². The van der Waals surface area contributed by atoms with Crippen LogP contribution in [-0.4, -0.2) is 48.0 Å². The molecule has 2 aliphatic rings.